The van der Waals surface area contributed by atoms with Crippen molar-refractivity contribution in [1.29, 1.82) is 0 Å². The average Bonchev–Trinajstić information content (AvgIpc) is 2.63. The molecule has 0 aliphatic heterocycles. The summed E-state index contributed by atoms with van der Waals surface area (Å²) >= 11 is 0. The third-order valence-electron chi connectivity index (χ3n) is 3.64. The molecule has 0 saturated carbocycles. The fourth-order valence-corrected chi connectivity index (χ4v) is 4.66. The van der Waals surface area contributed by atoms with Crippen LogP contribution >= 0.6 is 21.6 Å². The summed E-state index contributed by atoms with van der Waals surface area (Å²) in [6.07, 6.45) is 2.12. The monoisotopic (exact) mass is 435 g/mol. The topological polar surface area (TPSA) is 114 Å². The third kappa shape index (κ3) is 13.7. The van der Waals surface area contributed by atoms with E-state index in [1.165, 1.54) is 7.11 Å². The van der Waals surface area contributed by atoms with Crippen LogP contribution in [0.1, 0.15) is 53.4 Å². The molecular formula is C18H33N3O5S2. The first-order chi connectivity index (χ1) is 13.1. The highest BCUT2D eigenvalue weighted by molar-refractivity contribution is 8.77. The molecule has 0 radical (unpaired) electrons. The van der Waals surface area contributed by atoms with Crippen LogP contribution in [0.25, 0.3) is 0 Å². The first-order valence-corrected chi connectivity index (χ1v) is 11.6. The number of nitrogens with one attached hydrogen (secondary N) is 3. The van der Waals surface area contributed by atoms with Gasteiger partial charge in [0.15, 0.2) is 0 Å². The molecule has 1 atom stereocenters. The Hall–Kier alpha value is -1.42. The summed E-state index contributed by atoms with van der Waals surface area (Å²) in [4.78, 5) is 46.3. The van der Waals surface area contributed by atoms with Gasteiger partial charge in [0.05, 0.1) is 13.7 Å². The van der Waals surface area contributed by atoms with Gasteiger partial charge in [-0.15, -0.1) is 0 Å². The lowest BCUT2D eigenvalue weighted by Crippen LogP contribution is -2.47. The van der Waals surface area contributed by atoms with Crippen LogP contribution in [0.3, 0.4) is 0 Å². The molecule has 0 aromatic heterocycles. The molecule has 0 aliphatic carbocycles. The summed E-state index contributed by atoms with van der Waals surface area (Å²) in [7, 11) is 4.74. The van der Waals surface area contributed by atoms with E-state index in [0.717, 1.165) is 12.2 Å². The lowest BCUT2D eigenvalue weighted by Gasteiger charge is -2.22. The number of carbonyl (C=O) groups is 4. The molecule has 162 valence electrons. The second-order valence-corrected chi connectivity index (χ2v) is 9.93. The Morgan fingerprint density at radius 1 is 1.07 bits per heavy atom. The Labute approximate surface area is 175 Å². The number of methoxy groups -OCH3 is 1. The van der Waals surface area contributed by atoms with Gasteiger partial charge in [-0.05, 0) is 40.5 Å². The van der Waals surface area contributed by atoms with E-state index in [9.17, 15) is 19.2 Å². The van der Waals surface area contributed by atoms with Gasteiger partial charge in [-0.3, -0.25) is 19.2 Å². The third-order valence-corrected chi connectivity index (χ3v) is 7.08. The summed E-state index contributed by atoms with van der Waals surface area (Å²) in [5.41, 5.74) is 0. The van der Waals surface area contributed by atoms with Crippen LogP contribution in [-0.4, -0.2) is 60.4 Å². The van der Waals surface area contributed by atoms with Crippen molar-refractivity contribution >= 4 is 45.3 Å². The minimum absolute atomic E-state index is 0.0578. The van der Waals surface area contributed by atoms with Gasteiger partial charge < -0.3 is 20.7 Å². The molecule has 8 nitrogen and oxygen atoms in total. The molecule has 1 unspecified atom stereocenters. The van der Waals surface area contributed by atoms with Crippen molar-refractivity contribution in [2.45, 2.75) is 64.2 Å². The molecule has 0 heterocycles. The van der Waals surface area contributed by atoms with Crippen molar-refractivity contribution in [3.05, 3.63) is 0 Å². The molecule has 0 fully saturated rings. The standard InChI is InChI=1S/C18H33N3O5S2/c1-6-19-15(23)12-20-17(25)13(2)21-14(22)8-7-11-27-28-18(3,4)10-9-16(24)26-5/h13H,6-12H2,1-5H3,(H,19,23)(H,20,25)(H,21,22). The first-order valence-electron chi connectivity index (χ1n) is 9.32. The highest BCUT2D eigenvalue weighted by Gasteiger charge is 2.21. The van der Waals surface area contributed by atoms with E-state index in [0.29, 0.717) is 25.8 Å². The van der Waals surface area contributed by atoms with E-state index in [4.69, 9.17) is 0 Å². The molecule has 0 aromatic rings. The van der Waals surface area contributed by atoms with Crippen LogP contribution < -0.4 is 16.0 Å². The fraction of sp³-hybridized carbons (Fsp3) is 0.778. The van der Waals surface area contributed by atoms with Crippen molar-refractivity contribution < 1.29 is 23.9 Å². The number of ether oxygens (including phenoxy) is 1. The zero-order chi connectivity index (χ0) is 21.6. The van der Waals surface area contributed by atoms with Crippen LogP contribution in [0.5, 0.6) is 0 Å². The number of rotatable bonds is 14. The van der Waals surface area contributed by atoms with Crippen LogP contribution in [0, 0.1) is 0 Å². The van der Waals surface area contributed by atoms with Crippen molar-refractivity contribution in [3.8, 4) is 0 Å². The number of hydrogen-bond donors (Lipinski definition) is 3. The molecule has 0 bridgehead atoms. The minimum Gasteiger partial charge on any atom is -0.469 e. The molecule has 28 heavy (non-hydrogen) atoms. The van der Waals surface area contributed by atoms with Gasteiger partial charge in [-0.1, -0.05) is 21.6 Å². The average molecular weight is 436 g/mol. The highest BCUT2D eigenvalue weighted by Crippen LogP contribution is 2.39. The molecule has 0 spiro atoms. The Morgan fingerprint density at radius 2 is 1.75 bits per heavy atom. The number of esters is 1. The van der Waals surface area contributed by atoms with Crippen LogP contribution in [0.15, 0.2) is 0 Å². The van der Waals surface area contributed by atoms with Crippen molar-refractivity contribution in [2.75, 3.05) is 26.0 Å². The zero-order valence-corrected chi connectivity index (χ0v) is 19.0. The van der Waals surface area contributed by atoms with E-state index >= 15 is 0 Å². The van der Waals surface area contributed by atoms with Gasteiger partial charge in [0.25, 0.3) is 0 Å². The van der Waals surface area contributed by atoms with Gasteiger partial charge in [-0.25, -0.2) is 0 Å². The predicted octanol–water partition coefficient (Wildman–Crippen LogP) is 1.64. The Bertz CT molecular complexity index is 529. The van der Waals surface area contributed by atoms with Gasteiger partial charge in [0, 0.05) is 29.9 Å². The van der Waals surface area contributed by atoms with Gasteiger partial charge in [0.1, 0.15) is 6.04 Å². The molecular weight excluding hydrogens is 402 g/mol. The maximum Gasteiger partial charge on any atom is 0.305 e. The molecule has 3 amide bonds. The molecule has 10 heteroatoms. The largest absolute Gasteiger partial charge is 0.469 e. The summed E-state index contributed by atoms with van der Waals surface area (Å²) in [6, 6.07) is -0.693. The van der Waals surface area contributed by atoms with E-state index in [2.05, 4.69) is 34.5 Å². The smallest absolute Gasteiger partial charge is 0.305 e. The maximum atomic E-state index is 11.9. The second-order valence-electron chi connectivity index (χ2n) is 6.81. The van der Waals surface area contributed by atoms with Crippen LogP contribution in [0.2, 0.25) is 0 Å². The molecule has 0 aliphatic rings. The SMILES string of the molecule is CCNC(=O)CNC(=O)C(C)NC(=O)CCCSSC(C)(C)CCC(=O)OC. The summed E-state index contributed by atoms with van der Waals surface area (Å²) < 4.78 is 4.60. The Kier molecular flexibility index (Phi) is 13.8. The summed E-state index contributed by atoms with van der Waals surface area (Å²) in [6.45, 7) is 7.91. The predicted molar refractivity (Wildman–Crippen MR) is 114 cm³/mol. The Morgan fingerprint density at radius 3 is 2.36 bits per heavy atom. The summed E-state index contributed by atoms with van der Waals surface area (Å²) in [5.74, 6) is -0.275. The van der Waals surface area contributed by atoms with Gasteiger partial charge >= 0.3 is 5.97 Å². The van der Waals surface area contributed by atoms with E-state index in [-0.39, 0.29) is 29.1 Å². The van der Waals surface area contributed by atoms with Crippen molar-refractivity contribution in [3.63, 3.8) is 0 Å². The fourth-order valence-electron chi connectivity index (χ4n) is 2.00. The zero-order valence-electron chi connectivity index (χ0n) is 17.4. The molecule has 0 rings (SSSR count). The maximum absolute atomic E-state index is 11.9. The quantitative estimate of drug-likeness (QED) is 0.216. The molecule has 0 saturated heterocycles. The number of hydrogen-bond acceptors (Lipinski definition) is 7. The van der Waals surface area contributed by atoms with Crippen LogP contribution in [0.4, 0.5) is 0 Å². The molecule has 3 N–H and O–H groups in total. The highest BCUT2D eigenvalue weighted by atomic mass is 33.1. The second kappa shape index (κ2) is 14.6. The van der Waals surface area contributed by atoms with E-state index in [1.807, 2.05) is 0 Å². The first kappa shape index (κ1) is 26.6. The number of carbonyl (C=O) groups excluding carboxylic acids is 4. The normalized spacial score (nSPS) is 12.0. The number of likely N-dealkylation sites (N-methyl/N-ethyl adjacent to an activating group) is 1. The lowest BCUT2D eigenvalue weighted by molar-refractivity contribution is -0.140. The number of amides is 3. The summed E-state index contributed by atoms with van der Waals surface area (Å²) in [5, 5.41) is 7.69. The Balaban J connectivity index is 3.92. The van der Waals surface area contributed by atoms with Crippen LogP contribution in [-0.2, 0) is 23.9 Å². The lowest BCUT2D eigenvalue weighted by atomic mass is 10.1. The van der Waals surface area contributed by atoms with Crippen molar-refractivity contribution in [2.24, 2.45) is 0 Å². The minimum atomic E-state index is -0.693. The molecule has 0 aromatic carbocycles. The van der Waals surface area contributed by atoms with E-state index < -0.39 is 11.9 Å². The van der Waals surface area contributed by atoms with E-state index in [1.54, 1.807) is 35.4 Å². The van der Waals surface area contributed by atoms with Gasteiger partial charge in [-0.2, -0.15) is 0 Å². The van der Waals surface area contributed by atoms with Crippen molar-refractivity contribution in [1.82, 2.24) is 16.0 Å². The van der Waals surface area contributed by atoms with Gasteiger partial charge in [0.2, 0.25) is 17.7 Å².